The maximum Gasteiger partial charge on any atom is 0.217 e. The molecule has 0 aromatic carbocycles. The lowest BCUT2D eigenvalue weighted by atomic mass is 9.99. The monoisotopic (exact) mass is 195 g/mol. The summed E-state index contributed by atoms with van der Waals surface area (Å²) in [5.74, 6) is 0.754. The standard InChI is InChI=1S/C10H14FN3/c1-10(2,7-3-4-7)14-9-5-8(11)12-6-13-9/h5-7H,3-4H2,1-2H3,(H,12,13,14). The normalized spacial score (nSPS) is 16.8. The molecule has 76 valence electrons. The third kappa shape index (κ3) is 2.00. The Morgan fingerprint density at radius 3 is 2.71 bits per heavy atom. The zero-order chi connectivity index (χ0) is 10.2. The molecule has 2 rings (SSSR count). The van der Waals surface area contributed by atoms with Crippen molar-refractivity contribution in [1.29, 1.82) is 0 Å². The molecule has 1 aliphatic rings. The highest BCUT2D eigenvalue weighted by atomic mass is 19.1. The summed E-state index contributed by atoms with van der Waals surface area (Å²) in [5.41, 5.74) is 0.000787. The lowest BCUT2D eigenvalue weighted by Crippen LogP contribution is -2.33. The number of aromatic nitrogens is 2. The molecule has 0 atom stereocenters. The Hall–Kier alpha value is -1.19. The fourth-order valence-corrected chi connectivity index (χ4v) is 1.64. The van der Waals surface area contributed by atoms with Crippen molar-refractivity contribution in [3.8, 4) is 0 Å². The van der Waals surface area contributed by atoms with E-state index in [0.717, 1.165) is 0 Å². The molecule has 1 heterocycles. The highest BCUT2D eigenvalue weighted by molar-refractivity contribution is 5.36. The molecule has 3 nitrogen and oxygen atoms in total. The van der Waals surface area contributed by atoms with Gasteiger partial charge < -0.3 is 5.32 Å². The highest BCUT2D eigenvalue weighted by Gasteiger charge is 2.37. The van der Waals surface area contributed by atoms with Crippen molar-refractivity contribution in [1.82, 2.24) is 9.97 Å². The van der Waals surface area contributed by atoms with Gasteiger partial charge in [-0.05, 0) is 32.6 Å². The van der Waals surface area contributed by atoms with Crippen molar-refractivity contribution in [3.05, 3.63) is 18.3 Å². The van der Waals surface area contributed by atoms with Crippen LogP contribution in [0.5, 0.6) is 0 Å². The van der Waals surface area contributed by atoms with E-state index in [2.05, 4.69) is 29.1 Å². The Kier molecular flexibility index (Phi) is 2.13. The van der Waals surface area contributed by atoms with E-state index in [0.29, 0.717) is 11.7 Å². The number of halogens is 1. The van der Waals surface area contributed by atoms with Gasteiger partial charge in [0.15, 0.2) is 0 Å². The zero-order valence-corrected chi connectivity index (χ0v) is 8.42. The fraction of sp³-hybridized carbons (Fsp3) is 0.600. The van der Waals surface area contributed by atoms with Crippen LogP contribution >= 0.6 is 0 Å². The van der Waals surface area contributed by atoms with Crippen molar-refractivity contribution in [2.75, 3.05) is 5.32 Å². The number of hydrogen-bond donors (Lipinski definition) is 1. The average Bonchev–Trinajstić information content (AvgIpc) is 2.84. The molecule has 0 aliphatic heterocycles. The molecule has 0 spiro atoms. The van der Waals surface area contributed by atoms with E-state index < -0.39 is 5.95 Å². The quantitative estimate of drug-likeness (QED) is 0.751. The number of hydrogen-bond acceptors (Lipinski definition) is 3. The lowest BCUT2D eigenvalue weighted by molar-refractivity contribution is 0.490. The van der Waals surface area contributed by atoms with Gasteiger partial charge in [-0.2, -0.15) is 4.39 Å². The van der Waals surface area contributed by atoms with Gasteiger partial charge in [0.25, 0.3) is 0 Å². The van der Waals surface area contributed by atoms with E-state index in [4.69, 9.17) is 0 Å². The molecule has 0 saturated heterocycles. The van der Waals surface area contributed by atoms with Crippen molar-refractivity contribution < 1.29 is 4.39 Å². The number of rotatable bonds is 3. The highest BCUT2D eigenvalue weighted by Crippen LogP contribution is 2.40. The Morgan fingerprint density at radius 2 is 2.14 bits per heavy atom. The minimum absolute atomic E-state index is 0.000787. The molecule has 1 saturated carbocycles. The largest absolute Gasteiger partial charge is 0.365 e. The maximum atomic E-state index is 12.8. The van der Waals surface area contributed by atoms with Crippen LogP contribution in [0.15, 0.2) is 12.4 Å². The van der Waals surface area contributed by atoms with E-state index in [1.165, 1.54) is 25.2 Å². The van der Waals surface area contributed by atoms with Gasteiger partial charge in [-0.1, -0.05) is 0 Å². The van der Waals surface area contributed by atoms with Crippen LogP contribution in [0.25, 0.3) is 0 Å². The predicted molar refractivity (Wildman–Crippen MR) is 52.4 cm³/mol. The maximum absolute atomic E-state index is 12.8. The molecular weight excluding hydrogens is 181 g/mol. The second kappa shape index (κ2) is 3.19. The van der Waals surface area contributed by atoms with Crippen molar-refractivity contribution >= 4 is 5.82 Å². The summed E-state index contributed by atoms with van der Waals surface area (Å²) in [6.07, 6.45) is 3.72. The number of nitrogens with one attached hydrogen (secondary N) is 1. The first-order valence-electron chi connectivity index (χ1n) is 4.84. The van der Waals surface area contributed by atoms with Crippen LogP contribution in [0.4, 0.5) is 10.2 Å². The minimum atomic E-state index is -0.492. The van der Waals surface area contributed by atoms with Crippen molar-refractivity contribution in [2.24, 2.45) is 5.92 Å². The van der Waals surface area contributed by atoms with Crippen molar-refractivity contribution in [3.63, 3.8) is 0 Å². The van der Waals surface area contributed by atoms with E-state index in [1.807, 2.05) is 0 Å². The predicted octanol–water partition coefficient (Wildman–Crippen LogP) is 2.22. The molecule has 1 N–H and O–H groups in total. The summed E-state index contributed by atoms with van der Waals surface area (Å²) in [6, 6.07) is 1.32. The molecule has 0 bridgehead atoms. The Balaban J connectivity index is 2.09. The summed E-state index contributed by atoms with van der Waals surface area (Å²) in [7, 11) is 0. The van der Waals surface area contributed by atoms with Gasteiger partial charge in [0, 0.05) is 11.6 Å². The van der Waals surface area contributed by atoms with Crippen LogP contribution < -0.4 is 5.32 Å². The van der Waals surface area contributed by atoms with Gasteiger partial charge in [-0.3, -0.25) is 0 Å². The molecule has 1 aromatic rings. The molecule has 0 radical (unpaired) electrons. The first-order valence-corrected chi connectivity index (χ1v) is 4.84. The second-order valence-electron chi connectivity index (χ2n) is 4.35. The summed E-state index contributed by atoms with van der Waals surface area (Å²) in [6.45, 7) is 4.23. The first kappa shape index (κ1) is 9.37. The van der Waals surface area contributed by atoms with E-state index in [1.54, 1.807) is 0 Å². The van der Waals surface area contributed by atoms with Gasteiger partial charge in [-0.15, -0.1) is 0 Å². The molecule has 1 aromatic heterocycles. The zero-order valence-electron chi connectivity index (χ0n) is 8.42. The van der Waals surface area contributed by atoms with Gasteiger partial charge in [-0.25, -0.2) is 9.97 Å². The van der Waals surface area contributed by atoms with Crippen LogP contribution in [0, 0.1) is 11.9 Å². The number of nitrogens with zero attached hydrogens (tertiary/aromatic N) is 2. The lowest BCUT2D eigenvalue weighted by Gasteiger charge is -2.26. The Morgan fingerprint density at radius 1 is 1.43 bits per heavy atom. The van der Waals surface area contributed by atoms with Crippen LogP contribution in [0.2, 0.25) is 0 Å². The van der Waals surface area contributed by atoms with Crippen molar-refractivity contribution in [2.45, 2.75) is 32.2 Å². The molecular formula is C10H14FN3. The molecule has 1 fully saturated rings. The summed E-state index contributed by atoms with van der Waals surface area (Å²) in [4.78, 5) is 7.39. The van der Waals surface area contributed by atoms with Crippen LogP contribution in [0.1, 0.15) is 26.7 Å². The van der Waals surface area contributed by atoms with Gasteiger partial charge >= 0.3 is 0 Å². The third-order valence-corrected chi connectivity index (χ3v) is 2.68. The topological polar surface area (TPSA) is 37.8 Å². The van der Waals surface area contributed by atoms with Crippen LogP contribution in [-0.2, 0) is 0 Å². The fourth-order valence-electron chi connectivity index (χ4n) is 1.64. The summed E-state index contributed by atoms with van der Waals surface area (Å²) < 4.78 is 12.8. The Bertz CT molecular complexity index is 334. The van der Waals surface area contributed by atoms with Gasteiger partial charge in [0.05, 0.1) is 0 Å². The molecule has 1 aliphatic carbocycles. The van der Waals surface area contributed by atoms with Gasteiger partial charge in [0.2, 0.25) is 5.95 Å². The molecule has 0 amide bonds. The third-order valence-electron chi connectivity index (χ3n) is 2.68. The summed E-state index contributed by atoms with van der Waals surface area (Å²) in [5, 5.41) is 3.23. The van der Waals surface area contributed by atoms with E-state index >= 15 is 0 Å². The van der Waals surface area contributed by atoms with Gasteiger partial charge in [0.1, 0.15) is 12.1 Å². The summed E-state index contributed by atoms with van der Waals surface area (Å²) >= 11 is 0. The average molecular weight is 195 g/mol. The Labute approximate surface area is 82.8 Å². The minimum Gasteiger partial charge on any atom is -0.365 e. The SMILES string of the molecule is CC(C)(Nc1cc(F)ncn1)C1CC1. The first-order chi connectivity index (χ1) is 6.58. The van der Waals surface area contributed by atoms with Crippen LogP contribution in [-0.4, -0.2) is 15.5 Å². The molecule has 14 heavy (non-hydrogen) atoms. The smallest absolute Gasteiger partial charge is 0.217 e. The molecule has 0 unspecified atom stereocenters. The van der Waals surface area contributed by atoms with E-state index in [9.17, 15) is 4.39 Å². The molecule has 4 heteroatoms. The van der Waals surface area contributed by atoms with E-state index in [-0.39, 0.29) is 5.54 Å². The number of anilines is 1. The second-order valence-corrected chi connectivity index (χ2v) is 4.35. The van der Waals surface area contributed by atoms with Crippen LogP contribution in [0.3, 0.4) is 0 Å².